The molecule has 0 amide bonds. The zero-order valence-electron chi connectivity index (χ0n) is 14.0. The van der Waals surface area contributed by atoms with Crippen LogP contribution in [0.3, 0.4) is 0 Å². The van der Waals surface area contributed by atoms with E-state index in [4.69, 9.17) is 4.74 Å². The molecule has 0 aliphatic heterocycles. The molecule has 0 aromatic heterocycles. The van der Waals surface area contributed by atoms with Crippen LogP contribution in [0.1, 0.15) is 46.1 Å². The fourth-order valence-electron chi connectivity index (χ4n) is 4.91. The van der Waals surface area contributed by atoms with Gasteiger partial charge in [-0.25, -0.2) is 4.79 Å². The fourth-order valence-corrected chi connectivity index (χ4v) is 4.91. The van der Waals surface area contributed by atoms with Gasteiger partial charge in [-0.05, 0) is 41.7 Å². The quantitative estimate of drug-likeness (QED) is 0.597. The number of hydrogen-bond acceptors (Lipinski definition) is 2. The Morgan fingerprint density at radius 1 is 1.23 bits per heavy atom. The van der Waals surface area contributed by atoms with Gasteiger partial charge in [0.15, 0.2) is 0 Å². The van der Waals surface area contributed by atoms with Crippen molar-refractivity contribution in [2.75, 3.05) is 0 Å². The maximum Gasteiger partial charge on any atom is 0.331 e. The Kier molecular flexibility index (Phi) is 3.66. The normalized spacial score (nSPS) is 35.9. The van der Waals surface area contributed by atoms with Crippen LogP contribution in [0.5, 0.6) is 0 Å². The highest BCUT2D eigenvalue weighted by Gasteiger charge is 2.66. The number of esters is 1. The van der Waals surface area contributed by atoms with Crippen LogP contribution in [-0.4, -0.2) is 12.1 Å². The van der Waals surface area contributed by atoms with Crippen molar-refractivity contribution in [1.82, 2.24) is 0 Å². The van der Waals surface area contributed by atoms with Crippen LogP contribution in [-0.2, 0) is 9.53 Å². The van der Waals surface area contributed by atoms with Crippen molar-refractivity contribution < 1.29 is 9.53 Å². The van der Waals surface area contributed by atoms with Crippen LogP contribution in [0.15, 0.2) is 36.4 Å². The second-order valence-electron chi connectivity index (χ2n) is 7.74. The van der Waals surface area contributed by atoms with E-state index in [1.54, 1.807) is 6.08 Å². The summed E-state index contributed by atoms with van der Waals surface area (Å²) in [4.78, 5) is 12.2. The van der Waals surface area contributed by atoms with Gasteiger partial charge < -0.3 is 4.74 Å². The van der Waals surface area contributed by atoms with Crippen LogP contribution in [0.25, 0.3) is 6.08 Å². The average molecular weight is 298 g/mol. The van der Waals surface area contributed by atoms with Crippen LogP contribution in [0, 0.1) is 22.7 Å². The van der Waals surface area contributed by atoms with E-state index in [1.165, 1.54) is 6.42 Å². The van der Waals surface area contributed by atoms with Gasteiger partial charge in [-0.1, -0.05) is 58.0 Å². The molecule has 4 unspecified atom stereocenters. The molecular formula is C20H26O2. The van der Waals surface area contributed by atoms with Gasteiger partial charge in [0.2, 0.25) is 0 Å². The molecule has 1 aromatic carbocycles. The Hall–Kier alpha value is -1.57. The molecule has 4 atom stereocenters. The number of ether oxygens (including phenoxy) is 1. The number of carbonyl (C=O) groups is 1. The molecule has 0 N–H and O–H groups in total. The van der Waals surface area contributed by atoms with Crippen molar-refractivity contribution in [3.8, 4) is 0 Å². The molecule has 2 bridgehead atoms. The maximum absolute atomic E-state index is 12.2. The minimum absolute atomic E-state index is 0.0363. The molecular weight excluding hydrogens is 272 g/mol. The summed E-state index contributed by atoms with van der Waals surface area (Å²) in [5.74, 6) is 0.890. The third-order valence-electron chi connectivity index (χ3n) is 6.57. The first-order valence-electron chi connectivity index (χ1n) is 8.30. The second kappa shape index (κ2) is 5.26. The van der Waals surface area contributed by atoms with Crippen molar-refractivity contribution in [3.63, 3.8) is 0 Å². The van der Waals surface area contributed by atoms with E-state index in [9.17, 15) is 4.79 Å². The summed E-state index contributed by atoms with van der Waals surface area (Å²) >= 11 is 0. The third-order valence-corrected chi connectivity index (χ3v) is 6.57. The highest BCUT2D eigenvalue weighted by molar-refractivity contribution is 5.87. The van der Waals surface area contributed by atoms with E-state index in [2.05, 4.69) is 27.7 Å². The first-order chi connectivity index (χ1) is 10.4. The van der Waals surface area contributed by atoms with Gasteiger partial charge in [-0.2, -0.15) is 0 Å². The van der Waals surface area contributed by atoms with E-state index < -0.39 is 0 Å². The number of rotatable bonds is 3. The molecule has 22 heavy (non-hydrogen) atoms. The summed E-state index contributed by atoms with van der Waals surface area (Å²) in [6.45, 7) is 9.23. The van der Waals surface area contributed by atoms with Crippen molar-refractivity contribution >= 4 is 12.0 Å². The lowest BCUT2D eigenvalue weighted by atomic mass is 9.70. The molecule has 2 aliphatic rings. The highest BCUT2D eigenvalue weighted by atomic mass is 16.5. The third kappa shape index (κ3) is 2.20. The Bertz CT molecular complexity index is 587. The molecule has 2 heteroatoms. The summed E-state index contributed by atoms with van der Waals surface area (Å²) in [6.07, 6.45) is 5.85. The smallest absolute Gasteiger partial charge is 0.331 e. The van der Waals surface area contributed by atoms with E-state index in [0.29, 0.717) is 11.8 Å². The van der Waals surface area contributed by atoms with Gasteiger partial charge in [0, 0.05) is 11.5 Å². The van der Waals surface area contributed by atoms with Crippen molar-refractivity contribution in [3.05, 3.63) is 42.0 Å². The fraction of sp³-hybridized carbons (Fsp3) is 0.550. The zero-order valence-corrected chi connectivity index (χ0v) is 14.0. The topological polar surface area (TPSA) is 26.3 Å². The average Bonchev–Trinajstić information content (AvgIpc) is 2.80. The second-order valence-corrected chi connectivity index (χ2v) is 7.74. The Morgan fingerprint density at radius 2 is 1.91 bits per heavy atom. The lowest BCUT2D eigenvalue weighted by Crippen LogP contribution is -2.40. The molecule has 2 fully saturated rings. The molecule has 0 saturated heterocycles. The predicted octanol–water partition coefficient (Wildman–Crippen LogP) is 4.70. The Morgan fingerprint density at radius 3 is 2.50 bits per heavy atom. The minimum Gasteiger partial charge on any atom is -0.458 e. The van der Waals surface area contributed by atoms with Crippen LogP contribution < -0.4 is 0 Å². The van der Waals surface area contributed by atoms with E-state index in [0.717, 1.165) is 12.0 Å². The van der Waals surface area contributed by atoms with E-state index >= 15 is 0 Å². The monoisotopic (exact) mass is 298 g/mol. The molecule has 1 aromatic rings. The lowest BCUT2D eigenvalue weighted by Gasteiger charge is -2.39. The molecule has 3 rings (SSSR count). The Balaban J connectivity index is 1.71. The number of hydrogen-bond donors (Lipinski definition) is 0. The molecule has 2 aliphatic carbocycles. The van der Waals surface area contributed by atoms with Crippen molar-refractivity contribution in [2.45, 2.75) is 46.6 Å². The first kappa shape index (κ1) is 15.3. The van der Waals surface area contributed by atoms with Crippen molar-refractivity contribution in [1.29, 1.82) is 0 Å². The summed E-state index contributed by atoms with van der Waals surface area (Å²) in [5, 5.41) is 0. The molecule has 0 spiro atoms. The van der Waals surface area contributed by atoms with Gasteiger partial charge in [0.1, 0.15) is 6.10 Å². The molecule has 118 valence electrons. The standard InChI is InChI=1S/C20H26O2/c1-14-16-12-13-20(4,19(16,2)3)18(14)22-17(21)11-10-15-8-6-5-7-9-15/h5-11,14,16,18H,12-13H2,1-4H3. The van der Waals surface area contributed by atoms with E-state index in [-0.39, 0.29) is 22.9 Å². The molecule has 0 radical (unpaired) electrons. The lowest BCUT2D eigenvalue weighted by molar-refractivity contribution is -0.153. The van der Waals surface area contributed by atoms with Gasteiger partial charge in [-0.15, -0.1) is 0 Å². The zero-order chi connectivity index (χ0) is 16.0. The Labute approximate surface area is 133 Å². The van der Waals surface area contributed by atoms with Gasteiger partial charge in [0.05, 0.1) is 0 Å². The van der Waals surface area contributed by atoms with Crippen molar-refractivity contribution in [2.24, 2.45) is 22.7 Å². The molecule has 0 heterocycles. The van der Waals surface area contributed by atoms with Crippen LogP contribution in [0.4, 0.5) is 0 Å². The molecule has 2 saturated carbocycles. The van der Waals surface area contributed by atoms with Gasteiger partial charge >= 0.3 is 5.97 Å². The summed E-state index contributed by atoms with van der Waals surface area (Å²) in [5.41, 5.74) is 1.38. The minimum atomic E-state index is -0.217. The van der Waals surface area contributed by atoms with Gasteiger partial charge in [-0.3, -0.25) is 0 Å². The number of fused-ring (bicyclic) bond motifs is 2. The van der Waals surface area contributed by atoms with Gasteiger partial charge in [0.25, 0.3) is 0 Å². The number of carbonyl (C=O) groups excluding carboxylic acids is 1. The first-order valence-corrected chi connectivity index (χ1v) is 8.30. The largest absolute Gasteiger partial charge is 0.458 e. The number of benzene rings is 1. The summed E-state index contributed by atoms with van der Waals surface area (Å²) in [6, 6.07) is 9.86. The SMILES string of the molecule is CC1C2CCC(C)(C1OC(=O)C=Cc1ccccc1)C2(C)C. The maximum atomic E-state index is 12.2. The summed E-state index contributed by atoms with van der Waals surface area (Å²) in [7, 11) is 0. The summed E-state index contributed by atoms with van der Waals surface area (Å²) < 4.78 is 5.89. The molecule has 2 nitrogen and oxygen atoms in total. The van der Waals surface area contributed by atoms with E-state index in [1.807, 2.05) is 36.4 Å². The predicted molar refractivity (Wildman–Crippen MR) is 89.1 cm³/mol. The highest BCUT2D eigenvalue weighted by Crippen LogP contribution is 2.68. The van der Waals surface area contributed by atoms with Crippen LogP contribution in [0.2, 0.25) is 0 Å². The van der Waals surface area contributed by atoms with Crippen LogP contribution >= 0.6 is 0 Å².